The van der Waals surface area contributed by atoms with Crippen LogP contribution >= 0.6 is 0 Å². The maximum atomic E-state index is 12.9. The molecule has 0 radical (unpaired) electrons. The monoisotopic (exact) mass is 375 g/mol. The molecule has 5 heteroatoms. The van der Waals surface area contributed by atoms with Crippen molar-refractivity contribution in [3.8, 4) is 5.75 Å². The van der Waals surface area contributed by atoms with Crippen LogP contribution in [0, 0.1) is 6.92 Å². The lowest BCUT2D eigenvalue weighted by Gasteiger charge is -2.37. The topological polar surface area (TPSA) is 47.4 Å². The molecule has 0 saturated carbocycles. The van der Waals surface area contributed by atoms with Crippen molar-refractivity contribution in [1.29, 1.82) is 0 Å². The van der Waals surface area contributed by atoms with Crippen molar-refractivity contribution >= 4 is 16.9 Å². The molecule has 1 aliphatic heterocycles. The van der Waals surface area contributed by atoms with E-state index in [-0.39, 0.29) is 11.5 Å². The van der Waals surface area contributed by atoms with E-state index in [1.807, 2.05) is 24.6 Å². The Morgan fingerprint density at radius 1 is 1.21 bits per heavy atom. The van der Waals surface area contributed by atoms with Crippen molar-refractivity contribution < 1.29 is 9.53 Å². The molecule has 1 aromatic heterocycles. The first-order valence-electron chi connectivity index (χ1n) is 9.89. The fraction of sp³-hybridized carbons (Fsp3) is 0.391. The number of imidazole rings is 1. The smallest absolute Gasteiger partial charge is 0.253 e. The highest BCUT2D eigenvalue weighted by Crippen LogP contribution is 2.50. The van der Waals surface area contributed by atoms with Crippen LogP contribution in [0.2, 0.25) is 0 Å². The van der Waals surface area contributed by atoms with Gasteiger partial charge in [-0.25, -0.2) is 4.98 Å². The molecule has 2 aliphatic rings. The predicted octanol–water partition coefficient (Wildman–Crippen LogP) is 3.75. The molecular formula is C23H25N3O2. The molecule has 0 bridgehead atoms. The maximum absolute atomic E-state index is 12.9. The maximum Gasteiger partial charge on any atom is 0.253 e. The molecule has 1 amide bonds. The molecule has 2 heterocycles. The van der Waals surface area contributed by atoms with Crippen LogP contribution in [-0.4, -0.2) is 34.5 Å². The number of hydrogen-bond donors (Lipinski definition) is 0. The summed E-state index contributed by atoms with van der Waals surface area (Å²) in [6, 6.07) is 10.6. The lowest BCUT2D eigenvalue weighted by molar-refractivity contribution is 0.0456. The number of ether oxygens (including phenoxy) is 1. The van der Waals surface area contributed by atoms with Crippen LogP contribution in [0.5, 0.6) is 5.75 Å². The lowest BCUT2D eigenvalue weighted by Crippen LogP contribution is -2.36. The number of aromatic nitrogens is 2. The number of carbonyl (C=O) groups excluding carboxylic acids is 1. The zero-order valence-corrected chi connectivity index (χ0v) is 16.9. The minimum absolute atomic E-state index is 0.0170. The number of carbonyl (C=O) groups is 1. The molecule has 1 atom stereocenters. The molecule has 1 spiro atoms. The number of hydrogen-bond acceptors (Lipinski definition) is 3. The van der Waals surface area contributed by atoms with Crippen molar-refractivity contribution in [2.24, 2.45) is 7.05 Å². The Kier molecular flexibility index (Phi) is 3.60. The van der Waals surface area contributed by atoms with E-state index in [0.717, 1.165) is 59.4 Å². The Hall–Kier alpha value is -2.82. The first-order valence-corrected chi connectivity index (χ1v) is 9.89. The van der Waals surface area contributed by atoms with Crippen LogP contribution < -0.4 is 4.74 Å². The van der Waals surface area contributed by atoms with E-state index in [4.69, 9.17) is 9.72 Å². The van der Waals surface area contributed by atoms with Crippen molar-refractivity contribution in [3.63, 3.8) is 0 Å². The number of aryl methyl sites for hydroxylation is 3. The molecular weight excluding hydrogens is 350 g/mol. The average Bonchev–Trinajstić information content (AvgIpc) is 3.19. The first kappa shape index (κ1) is 17.3. The molecule has 0 N–H and O–H groups in total. The van der Waals surface area contributed by atoms with Gasteiger partial charge in [-0.2, -0.15) is 0 Å². The Balaban J connectivity index is 1.74. The zero-order valence-electron chi connectivity index (χ0n) is 16.9. The Morgan fingerprint density at radius 2 is 1.96 bits per heavy atom. The summed E-state index contributed by atoms with van der Waals surface area (Å²) in [7, 11) is 5.59. The van der Waals surface area contributed by atoms with Gasteiger partial charge >= 0.3 is 0 Å². The van der Waals surface area contributed by atoms with Gasteiger partial charge in [-0.1, -0.05) is 24.3 Å². The van der Waals surface area contributed by atoms with Crippen LogP contribution in [0.15, 0.2) is 30.3 Å². The summed E-state index contributed by atoms with van der Waals surface area (Å²) in [5, 5.41) is 0. The van der Waals surface area contributed by atoms with Gasteiger partial charge < -0.3 is 14.2 Å². The minimum Gasteiger partial charge on any atom is -0.480 e. The average molecular weight is 375 g/mol. The quantitative estimate of drug-likeness (QED) is 0.651. The fourth-order valence-electron chi connectivity index (χ4n) is 4.83. The third-order valence-corrected chi connectivity index (χ3v) is 6.48. The fourth-order valence-corrected chi connectivity index (χ4v) is 4.83. The highest BCUT2D eigenvalue weighted by molar-refractivity contribution is 6.01. The normalized spacial score (nSPS) is 20.1. The highest BCUT2D eigenvalue weighted by Gasteiger charge is 2.45. The van der Waals surface area contributed by atoms with Crippen LogP contribution in [0.4, 0.5) is 0 Å². The van der Waals surface area contributed by atoms with Gasteiger partial charge in [0, 0.05) is 32.3 Å². The van der Waals surface area contributed by atoms with E-state index >= 15 is 0 Å². The molecule has 144 valence electrons. The molecule has 1 unspecified atom stereocenters. The van der Waals surface area contributed by atoms with Gasteiger partial charge in [0.05, 0.1) is 5.52 Å². The van der Waals surface area contributed by atoms with Crippen molar-refractivity contribution in [2.45, 2.75) is 38.2 Å². The number of fused-ring (bicyclic) bond motifs is 5. The summed E-state index contributed by atoms with van der Waals surface area (Å²) in [5.74, 6) is 1.74. The Labute approximate surface area is 164 Å². The van der Waals surface area contributed by atoms with E-state index in [1.54, 1.807) is 19.0 Å². The van der Waals surface area contributed by atoms with Gasteiger partial charge in [0.25, 0.3) is 5.91 Å². The lowest BCUT2D eigenvalue weighted by atomic mass is 9.84. The molecule has 2 aromatic carbocycles. The van der Waals surface area contributed by atoms with Crippen LogP contribution in [-0.2, 0) is 25.5 Å². The second kappa shape index (κ2) is 5.84. The molecule has 3 aromatic rings. The highest BCUT2D eigenvalue weighted by atomic mass is 16.5. The summed E-state index contributed by atoms with van der Waals surface area (Å²) < 4.78 is 8.85. The SMILES string of the molecule is Cc1nc2c3c(c(C(=O)N(C)C)cc2n1C)CCC1(CCc2ccccc21)O3. The van der Waals surface area contributed by atoms with Gasteiger partial charge in [-0.3, -0.25) is 4.79 Å². The summed E-state index contributed by atoms with van der Waals surface area (Å²) in [6.07, 6.45) is 3.73. The van der Waals surface area contributed by atoms with E-state index < -0.39 is 0 Å². The van der Waals surface area contributed by atoms with Crippen LogP contribution in [0.25, 0.3) is 11.0 Å². The molecule has 5 nitrogen and oxygen atoms in total. The molecule has 0 saturated heterocycles. The summed E-state index contributed by atoms with van der Waals surface area (Å²) in [6.45, 7) is 1.99. The Morgan fingerprint density at radius 3 is 2.75 bits per heavy atom. The van der Waals surface area contributed by atoms with Crippen LogP contribution in [0.1, 0.15) is 45.7 Å². The molecule has 5 rings (SSSR count). The largest absolute Gasteiger partial charge is 0.480 e. The number of amides is 1. The van der Waals surface area contributed by atoms with Gasteiger partial charge in [0.2, 0.25) is 0 Å². The Bertz CT molecular complexity index is 1130. The predicted molar refractivity (Wildman–Crippen MR) is 109 cm³/mol. The van der Waals surface area contributed by atoms with Gasteiger partial charge in [-0.15, -0.1) is 0 Å². The first-order chi connectivity index (χ1) is 13.4. The van der Waals surface area contributed by atoms with E-state index in [2.05, 4.69) is 24.3 Å². The third-order valence-electron chi connectivity index (χ3n) is 6.48. The zero-order chi connectivity index (χ0) is 19.6. The van der Waals surface area contributed by atoms with Gasteiger partial charge in [0.1, 0.15) is 16.9 Å². The molecule has 28 heavy (non-hydrogen) atoms. The van der Waals surface area contributed by atoms with Crippen molar-refractivity contribution in [2.75, 3.05) is 14.1 Å². The number of benzene rings is 2. The second-order valence-electron chi connectivity index (χ2n) is 8.27. The van der Waals surface area contributed by atoms with Crippen molar-refractivity contribution in [1.82, 2.24) is 14.5 Å². The second-order valence-corrected chi connectivity index (χ2v) is 8.27. The number of rotatable bonds is 1. The van der Waals surface area contributed by atoms with Gasteiger partial charge in [-0.05, 0) is 49.8 Å². The van der Waals surface area contributed by atoms with Crippen molar-refractivity contribution in [3.05, 3.63) is 58.4 Å². The standard InChI is InChI=1S/C23H25N3O2/c1-14-24-20-19(26(14)4)13-17(22(27)25(2)3)16-10-12-23(28-21(16)20)11-9-15-7-5-6-8-18(15)23/h5-8,13H,9-12H2,1-4H3. The summed E-state index contributed by atoms with van der Waals surface area (Å²) in [5.41, 5.74) is 5.92. The van der Waals surface area contributed by atoms with Crippen LogP contribution in [0.3, 0.4) is 0 Å². The molecule has 1 aliphatic carbocycles. The summed E-state index contributed by atoms with van der Waals surface area (Å²) in [4.78, 5) is 19.4. The number of nitrogens with zero attached hydrogens (tertiary/aromatic N) is 3. The van der Waals surface area contributed by atoms with Gasteiger partial charge in [0.15, 0.2) is 5.75 Å². The minimum atomic E-state index is -0.304. The molecule has 0 fully saturated rings. The van der Waals surface area contributed by atoms with E-state index in [9.17, 15) is 4.79 Å². The third kappa shape index (κ3) is 2.25. The van der Waals surface area contributed by atoms with E-state index in [0.29, 0.717) is 0 Å². The van der Waals surface area contributed by atoms with E-state index in [1.165, 1.54) is 11.1 Å². The summed E-state index contributed by atoms with van der Waals surface area (Å²) >= 11 is 0.